The number of fused-ring (bicyclic) bond motifs is 1. The van der Waals surface area contributed by atoms with E-state index in [4.69, 9.17) is 4.42 Å². The number of hydrogen-bond donors (Lipinski definition) is 0. The Hall–Kier alpha value is -1.87. The fourth-order valence-electron chi connectivity index (χ4n) is 2.44. The molecular weight excluding hydrogens is 316 g/mol. The molecule has 0 fully saturated rings. The Morgan fingerprint density at radius 2 is 1.65 bits per heavy atom. The maximum atomic E-state index is 12.3. The van der Waals surface area contributed by atoms with Crippen LogP contribution >= 0.6 is 15.9 Å². The van der Waals surface area contributed by atoms with Gasteiger partial charge >= 0.3 is 5.63 Å². The summed E-state index contributed by atoms with van der Waals surface area (Å²) in [5.41, 5.74) is 2.97. The van der Waals surface area contributed by atoms with Crippen LogP contribution in [0.2, 0.25) is 0 Å². The molecule has 1 heterocycles. The van der Waals surface area contributed by atoms with Gasteiger partial charge in [-0.15, -0.1) is 0 Å². The van der Waals surface area contributed by atoms with Crippen molar-refractivity contribution in [3.63, 3.8) is 0 Å². The second-order valence-electron chi connectivity index (χ2n) is 4.66. The molecule has 3 rings (SSSR count). The van der Waals surface area contributed by atoms with E-state index < -0.39 is 0 Å². The van der Waals surface area contributed by atoms with E-state index in [0.29, 0.717) is 11.1 Å². The lowest BCUT2D eigenvalue weighted by molar-refractivity contribution is 0.552. The molecule has 0 aliphatic carbocycles. The third-order valence-corrected chi connectivity index (χ3v) is 3.77. The Morgan fingerprint density at radius 1 is 1.00 bits per heavy atom. The van der Waals surface area contributed by atoms with Gasteiger partial charge in [0.05, 0.1) is 5.56 Å². The molecule has 3 heteroatoms. The lowest BCUT2D eigenvalue weighted by atomic mass is 9.96. The normalized spacial score (nSPS) is 12.5. The van der Waals surface area contributed by atoms with Crippen LogP contribution in [0.5, 0.6) is 0 Å². The number of hydrogen-bond acceptors (Lipinski definition) is 2. The predicted octanol–water partition coefficient (Wildman–Crippen LogP) is 4.92. The van der Waals surface area contributed by atoms with Gasteiger partial charge in [-0.1, -0.05) is 64.5 Å². The summed E-state index contributed by atoms with van der Waals surface area (Å²) in [4.78, 5) is 12.2. The molecule has 0 spiro atoms. The Morgan fingerprint density at radius 3 is 2.35 bits per heavy atom. The number of halogens is 1. The molecule has 0 aliphatic heterocycles. The molecule has 0 N–H and O–H groups in total. The Kier molecular flexibility index (Phi) is 3.45. The van der Waals surface area contributed by atoms with Crippen molar-refractivity contribution in [3.8, 4) is 11.1 Å². The van der Waals surface area contributed by atoms with Crippen LogP contribution in [0.1, 0.15) is 17.3 Å². The summed E-state index contributed by atoms with van der Waals surface area (Å²) in [6.45, 7) is 1.94. The van der Waals surface area contributed by atoms with Gasteiger partial charge in [0.25, 0.3) is 0 Å². The third kappa shape index (κ3) is 2.18. The zero-order valence-corrected chi connectivity index (χ0v) is 12.6. The third-order valence-electron chi connectivity index (χ3n) is 3.31. The van der Waals surface area contributed by atoms with Crippen LogP contribution < -0.4 is 5.63 Å². The van der Waals surface area contributed by atoms with Gasteiger partial charge in [-0.3, -0.25) is 0 Å². The van der Waals surface area contributed by atoms with Gasteiger partial charge in [-0.2, -0.15) is 0 Å². The largest absolute Gasteiger partial charge is 0.422 e. The summed E-state index contributed by atoms with van der Waals surface area (Å²) in [6, 6.07) is 17.6. The molecule has 0 amide bonds. The molecular formula is C17H13BrO2. The highest BCUT2D eigenvalue weighted by Crippen LogP contribution is 2.35. The molecule has 0 saturated carbocycles. The van der Waals surface area contributed by atoms with E-state index >= 15 is 0 Å². The fourth-order valence-corrected chi connectivity index (χ4v) is 2.86. The predicted molar refractivity (Wildman–Crippen MR) is 85.3 cm³/mol. The van der Waals surface area contributed by atoms with Gasteiger partial charge < -0.3 is 4.42 Å². The number of para-hydroxylation sites is 1. The highest BCUT2D eigenvalue weighted by Gasteiger charge is 2.19. The van der Waals surface area contributed by atoms with Crippen molar-refractivity contribution in [1.82, 2.24) is 0 Å². The van der Waals surface area contributed by atoms with Crippen molar-refractivity contribution >= 4 is 26.9 Å². The first-order valence-corrected chi connectivity index (χ1v) is 7.35. The van der Waals surface area contributed by atoms with Crippen LogP contribution in [-0.2, 0) is 0 Å². The van der Waals surface area contributed by atoms with Gasteiger partial charge in [0.15, 0.2) is 0 Å². The monoisotopic (exact) mass is 328 g/mol. The number of benzene rings is 2. The summed E-state index contributed by atoms with van der Waals surface area (Å²) >= 11 is 3.51. The van der Waals surface area contributed by atoms with Gasteiger partial charge in [-0.05, 0) is 18.6 Å². The first-order chi connectivity index (χ1) is 9.68. The molecule has 0 aliphatic rings. The van der Waals surface area contributed by atoms with Crippen molar-refractivity contribution in [2.45, 2.75) is 11.8 Å². The van der Waals surface area contributed by atoms with Crippen LogP contribution in [0.4, 0.5) is 0 Å². The van der Waals surface area contributed by atoms with Crippen molar-refractivity contribution < 1.29 is 4.42 Å². The fraction of sp³-hybridized carbons (Fsp3) is 0.118. The van der Waals surface area contributed by atoms with Crippen LogP contribution in [0.25, 0.3) is 22.1 Å². The standard InChI is InChI=1S/C17H13BrO2/c1-11(18)15-16(12-7-3-2-4-8-12)13-9-5-6-10-14(13)20-17(15)19/h2-11H,1H3. The van der Waals surface area contributed by atoms with Crippen molar-refractivity contribution in [2.75, 3.05) is 0 Å². The topological polar surface area (TPSA) is 30.2 Å². The molecule has 100 valence electrons. The van der Waals surface area contributed by atoms with Crippen LogP contribution in [-0.4, -0.2) is 0 Å². The van der Waals surface area contributed by atoms with E-state index in [1.54, 1.807) is 0 Å². The molecule has 1 aromatic heterocycles. The average molecular weight is 329 g/mol. The van der Waals surface area contributed by atoms with Gasteiger partial charge in [0.2, 0.25) is 0 Å². The zero-order chi connectivity index (χ0) is 14.1. The summed E-state index contributed by atoms with van der Waals surface area (Å²) in [7, 11) is 0. The molecule has 1 unspecified atom stereocenters. The minimum absolute atomic E-state index is 0.0708. The highest BCUT2D eigenvalue weighted by atomic mass is 79.9. The van der Waals surface area contributed by atoms with E-state index in [1.165, 1.54) is 0 Å². The first kappa shape index (κ1) is 13.1. The van der Waals surface area contributed by atoms with E-state index in [2.05, 4.69) is 15.9 Å². The SMILES string of the molecule is CC(Br)c1c(-c2ccccc2)c2ccccc2oc1=O. The quantitative estimate of drug-likeness (QED) is 0.494. The molecule has 0 saturated heterocycles. The van der Waals surface area contributed by atoms with Crippen molar-refractivity contribution in [2.24, 2.45) is 0 Å². The van der Waals surface area contributed by atoms with E-state index in [0.717, 1.165) is 16.5 Å². The maximum Gasteiger partial charge on any atom is 0.341 e. The number of alkyl halides is 1. The summed E-state index contributed by atoms with van der Waals surface area (Å²) < 4.78 is 5.43. The lowest BCUT2D eigenvalue weighted by Crippen LogP contribution is -2.10. The molecule has 1 atom stereocenters. The van der Waals surface area contributed by atoms with Crippen LogP contribution in [0.15, 0.2) is 63.8 Å². The van der Waals surface area contributed by atoms with E-state index in [-0.39, 0.29) is 10.5 Å². The molecule has 2 nitrogen and oxygen atoms in total. The van der Waals surface area contributed by atoms with Crippen LogP contribution in [0, 0.1) is 0 Å². The molecule has 0 bridgehead atoms. The first-order valence-electron chi connectivity index (χ1n) is 6.43. The van der Waals surface area contributed by atoms with E-state index in [9.17, 15) is 4.79 Å². The molecule has 20 heavy (non-hydrogen) atoms. The van der Waals surface area contributed by atoms with E-state index in [1.807, 2.05) is 61.5 Å². The Bertz CT molecular complexity index is 804. The van der Waals surface area contributed by atoms with Crippen molar-refractivity contribution in [3.05, 3.63) is 70.6 Å². The van der Waals surface area contributed by atoms with Crippen molar-refractivity contribution in [1.29, 1.82) is 0 Å². The van der Waals surface area contributed by atoms with Crippen LogP contribution in [0.3, 0.4) is 0 Å². The number of rotatable bonds is 2. The minimum Gasteiger partial charge on any atom is -0.422 e. The zero-order valence-electron chi connectivity index (χ0n) is 11.0. The smallest absolute Gasteiger partial charge is 0.341 e. The second-order valence-corrected chi connectivity index (χ2v) is 6.03. The maximum absolute atomic E-state index is 12.3. The minimum atomic E-state index is -0.285. The Labute approximate surface area is 125 Å². The summed E-state index contributed by atoms with van der Waals surface area (Å²) in [5.74, 6) is 0. The van der Waals surface area contributed by atoms with Gasteiger partial charge in [0.1, 0.15) is 5.58 Å². The summed E-state index contributed by atoms with van der Waals surface area (Å²) in [6.07, 6.45) is 0. The summed E-state index contributed by atoms with van der Waals surface area (Å²) in [5, 5.41) is 0.958. The van der Waals surface area contributed by atoms with Gasteiger partial charge in [-0.25, -0.2) is 4.79 Å². The molecule has 0 radical (unpaired) electrons. The lowest BCUT2D eigenvalue weighted by Gasteiger charge is -2.13. The van der Waals surface area contributed by atoms with Gasteiger partial charge in [0, 0.05) is 15.8 Å². The Balaban J connectivity index is 2.49. The second kappa shape index (κ2) is 5.25. The highest BCUT2D eigenvalue weighted by molar-refractivity contribution is 9.09. The molecule has 3 aromatic rings. The average Bonchev–Trinajstić information content (AvgIpc) is 2.46. The molecule has 2 aromatic carbocycles.